The Hall–Kier alpha value is -1.77. The Kier molecular flexibility index (Phi) is 13.0. The monoisotopic (exact) mass is 346 g/mol. The Morgan fingerprint density at radius 1 is 1.00 bits per heavy atom. The van der Waals surface area contributed by atoms with E-state index < -0.39 is 34.8 Å². The Morgan fingerprint density at radius 3 is 1.52 bits per heavy atom. The first-order chi connectivity index (χ1) is 10.5. The SMILES string of the molecule is CC(C)[C@H](N)C(=O)O.CS(=O)c1ccccc1.C[C@H](N)C(=O)O. The van der Waals surface area contributed by atoms with Gasteiger partial charge in [0.25, 0.3) is 0 Å². The van der Waals surface area contributed by atoms with Gasteiger partial charge in [0.15, 0.2) is 0 Å². The molecule has 132 valence electrons. The Balaban J connectivity index is 0. The second-order valence-corrected chi connectivity index (χ2v) is 6.38. The predicted octanol–water partition coefficient (Wildman–Crippen LogP) is 0.897. The Labute approximate surface area is 139 Å². The number of benzene rings is 1. The van der Waals surface area contributed by atoms with Crippen LogP contribution in [0, 0.1) is 5.92 Å². The molecular weight excluding hydrogens is 320 g/mol. The highest BCUT2D eigenvalue weighted by molar-refractivity contribution is 7.84. The highest BCUT2D eigenvalue weighted by atomic mass is 32.2. The smallest absolute Gasteiger partial charge is 0.320 e. The van der Waals surface area contributed by atoms with Crippen molar-refractivity contribution in [2.24, 2.45) is 17.4 Å². The molecule has 0 spiro atoms. The van der Waals surface area contributed by atoms with Crippen LogP contribution in [-0.2, 0) is 20.4 Å². The van der Waals surface area contributed by atoms with E-state index in [1.54, 1.807) is 20.1 Å². The number of hydrogen-bond donors (Lipinski definition) is 4. The zero-order valence-corrected chi connectivity index (χ0v) is 14.6. The van der Waals surface area contributed by atoms with Crippen molar-refractivity contribution in [3.05, 3.63) is 30.3 Å². The van der Waals surface area contributed by atoms with Gasteiger partial charge in [-0.15, -0.1) is 0 Å². The molecule has 0 amide bonds. The largest absolute Gasteiger partial charge is 0.480 e. The van der Waals surface area contributed by atoms with Crippen molar-refractivity contribution in [2.75, 3.05) is 6.26 Å². The van der Waals surface area contributed by atoms with Crippen LogP contribution in [0.1, 0.15) is 20.8 Å². The molecular formula is C15H26N2O5S. The van der Waals surface area contributed by atoms with E-state index in [2.05, 4.69) is 0 Å². The third kappa shape index (κ3) is 13.6. The number of nitrogens with two attached hydrogens (primary N) is 2. The predicted molar refractivity (Wildman–Crippen MR) is 90.5 cm³/mol. The summed E-state index contributed by atoms with van der Waals surface area (Å²) in [6.45, 7) is 4.97. The molecule has 23 heavy (non-hydrogen) atoms. The Morgan fingerprint density at radius 2 is 1.39 bits per heavy atom. The van der Waals surface area contributed by atoms with Crippen LogP contribution in [0.2, 0.25) is 0 Å². The molecule has 1 aromatic rings. The first-order valence-electron chi connectivity index (χ1n) is 6.85. The lowest BCUT2D eigenvalue weighted by Crippen LogP contribution is -2.34. The molecule has 8 heteroatoms. The first kappa shape index (κ1) is 23.5. The number of hydrogen-bond acceptors (Lipinski definition) is 5. The molecule has 3 atom stereocenters. The van der Waals surface area contributed by atoms with E-state index in [-0.39, 0.29) is 5.92 Å². The zero-order valence-electron chi connectivity index (χ0n) is 13.8. The summed E-state index contributed by atoms with van der Waals surface area (Å²) in [7, 11) is -0.829. The molecule has 0 aliphatic carbocycles. The van der Waals surface area contributed by atoms with Crippen LogP contribution in [0.3, 0.4) is 0 Å². The van der Waals surface area contributed by atoms with E-state index in [9.17, 15) is 13.8 Å². The highest BCUT2D eigenvalue weighted by Gasteiger charge is 2.14. The number of carbonyl (C=O) groups is 2. The molecule has 1 aromatic carbocycles. The fraction of sp³-hybridized carbons (Fsp3) is 0.467. The molecule has 0 aliphatic heterocycles. The van der Waals surface area contributed by atoms with Gasteiger partial charge in [-0.3, -0.25) is 13.8 Å². The van der Waals surface area contributed by atoms with Gasteiger partial charge in [0.2, 0.25) is 0 Å². The fourth-order valence-corrected chi connectivity index (χ4v) is 1.44. The summed E-state index contributed by atoms with van der Waals surface area (Å²) in [5, 5.41) is 16.1. The van der Waals surface area contributed by atoms with E-state index in [0.29, 0.717) is 0 Å². The minimum Gasteiger partial charge on any atom is -0.480 e. The van der Waals surface area contributed by atoms with E-state index in [0.717, 1.165) is 4.90 Å². The number of carboxylic acids is 2. The summed E-state index contributed by atoms with van der Waals surface area (Å²) >= 11 is 0. The maximum Gasteiger partial charge on any atom is 0.320 e. The summed E-state index contributed by atoms with van der Waals surface area (Å²) in [6.07, 6.45) is 1.68. The van der Waals surface area contributed by atoms with Crippen LogP contribution < -0.4 is 11.5 Å². The number of carboxylic acid groups (broad SMARTS) is 2. The maximum absolute atomic E-state index is 10.8. The molecule has 1 rings (SSSR count). The van der Waals surface area contributed by atoms with Crippen molar-refractivity contribution in [3.63, 3.8) is 0 Å². The highest BCUT2D eigenvalue weighted by Crippen LogP contribution is 2.01. The quantitative estimate of drug-likeness (QED) is 0.634. The maximum atomic E-state index is 10.8. The molecule has 0 saturated heterocycles. The van der Waals surface area contributed by atoms with Crippen molar-refractivity contribution in [2.45, 2.75) is 37.8 Å². The average molecular weight is 346 g/mol. The van der Waals surface area contributed by atoms with Crippen LogP contribution in [0.25, 0.3) is 0 Å². The summed E-state index contributed by atoms with van der Waals surface area (Å²) in [5.41, 5.74) is 10.00. The van der Waals surface area contributed by atoms with Gasteiger partial charge in [0.05, 0.1) is 0 Å². The molecule has 0 saturated carbocycles. The molecule has 0 radical (unpaired) electrons. The van der Waals surface area contributed by atoms with E-state index in [4.69, 9.17) is 21.7 Å². The van der Waals surface area contributed by atoms with Crippen molar-refractivity contribution in [1.82, 2.24) is 0 Å². The summed E-state index contributed by atoms with van der Waals surface area (Å²) < 4.78 is 10.8. The minimum atomic E-state index is -0.963. The molecule has 0 bridgehead atoms. The lowest BCUT2D eigenvalue weighted by molar-refractivity contribution is -0.140. The second-order valence-electron chi connectivity index (χ2n) is 5.00. The lowest BCUT2D eigenvalue weighted by Gasteiger charge is -2.07. The fourth-order valence-electron chi connectivity index (χ4n) is 0.897. The molecule has 0 aromatic heterocycles. The molecule has 0 heterocycles. The topological polar surface area (TPSA) is 144 Å². The van der Waals surface area contributed by atoms with Crippen LogP contribution >= 0.6 is 0 Å². The third-order valence-corrected chi connectivity index (χ3v) is 3.40. The van der Waals surface area contributed by atoms with E-state index >= 15 is 0 Å². The van der Waals surface area contributed by atoms with Crippen molar-refractivity contribution < 1.29 is 24.0 Å². The summed E-state index contributed by atoms with van der Waals surface area (Å²) in [6, 6.07) is 7.95. The normalized spacial score (nSPS) is 13.5. The van der Waals surface area contributed by atoms with Gasteiger partial charge >= 0.3 is 11.9 Å². The van der Waals surface area contributed by atoms with Gasteiger partial charge in [-0.25, -0.2) is 0 Å². The van der Waals surface area contributed by atoms with Crippen LogP contribution in [0.5, 0.6) is 0 Å². The summed E-state index contributed by atoms with van der Waals surface area (Å²) in [4.78, 5) is 20.5. The average Bonchev–Trinajstić information content (AvgIpc) is 2.48. The van der Waals surface area contributed by atoms with E-state index in [1.807, 2.05) is 30.3 Å². The first-order valence-corrected chi connectivity index (χ1v) is 8.41. The van der Waals surface area contributed by atoms with Gasteiger partial charge in [-0.05, 0) is 25.0 Å². The molecule has 6 N–H and O–H groups in total. The number of rotatable bonds is 4. The van der Waals surface area contributed by atoms with Crippen molar-refractivity contribution in [3.8, 4) is 0 Å². The van der Waals surface area contributed by atoms with Crippen molar-refractivity contribution in [1.29, 1.82) is 0 Å². The summed E-state index contributed by atoms with van der Waals surface area (Å²) in [5.74, 6) is -1.87. The van der Waals surface area contributed by atoms with Gasteiger partial charge < -0.3 is 21.7 Å². The van der Waals surface area contributed by atoms with Gasteiger partial charge in [0.1, 0.15) is 12.1 Å². The van der Waals surface area contributed by atoms with Crippen molar-refractivity contribution >= 4 is 22.7 Å². The van der Waals surface area contributed by atoms with E-state index in [1.165, 1.54) is 6.92 Å². The van der Waals surface area contributed by atoms with Gasteiger partial charge in [-0.1, -0.05) is 32.0 Å². The Bertz CT molecular complexity index is 492. The second kappa shape index (κ2) is 12.7. The van der Waals surface area contributed by atoms with Crippen LogP contribution in [0.15, 0.2) is 35.2 Å². The van der Waals surface area contributed by atoms with Crippen LogP contribution in [-0.4, -0.2) is 44.7 Å². The zero-order chi connectivity index (χ0) is 18.6. The molecule has 7 nitrogen and oxygen atoms in total. The molecule has 1 unspecified atom stereocenters. The van der Waals surface area contributed by atoms with Gasteiger partial charge in [0, 0.05) is 22.0 Å². The molecule has 0 fully saturated rings. The standard InChI is InChI=1S/C7H8OS.C5H11NO2.C3H7NO2/c1-9(8)7-5-3-2-4-6-7;1-3(2)4(6)5(7)8;1-2(4)3(5)6/h2-6H,1H3;3-4H,6H2,1-2H3,(H,7,8);2H,4H2,1H3,(H,5,6)/t;4-;2-/m.00/s1. The third-order valence-electron chi connectivity index (χ3n) is 2.47. The minimum absolute atomic E-state index is 0.0208. The number of aliphatic carboxylic acids is 2. The molecule has 0 aliphatic rings. The van der Waals surface area contributed by atoms with Gasteiger partial charge in [-0.2, -0.15) is 0 Å². The van der Waals surface area contributed by atoms with Crippen LogP contribution in [0.4, 0.5) is 0 Å². The lowest BCUT2D eigenvalue weighted by atomic mass is 10.1.